The van der Waals surface area contributed by atoms with E-state index in [1.165, 1.54) is 12.5 Å². The van der Waals surface area contributed by atoms with Gasteiger partial charge in [-0.05, 0) is 40.9 Å². The Kier molecular flexibility index (Phi) is 5.60. The van der Waals surface area contributed by atoms with Crippen LogP contribution in [-0.4, -0.2) is 35.2 Å². The summed E-state index contributed by atoms with van der Waals surface area (Å²) in [5, 5.41) is 13.7. The van der Waals surface area contributed by atoms with E-state index in [1.807, 2.05) is 5.01 Å². The number of nitrogens with zero attached hydrogens (tertiary/aromatic N) is 1. The van der Waals surface area contributed by atoms with Crippen LogP contribution in [0.15, 0.2) is 21.1 Å². The number of nitrogens with one attached hydrogen (secondary N) is 2. The highest BCUT2D eigenvalue weighted by Crippen LogP contribution is 2.30. The number of aromatic carboxylic acids is 1. The molecule has 0 atom stereocenters. The molecule has 0 radical (unpaired) electrons. The minimum Gasteiger partial charge on any atom is -0.478 e. The molecule has 0 spiro atoms. The van der Waals surface area contributed by atoms with E-state index in [9.17, 15) is 14.7 Å². The fraction of sp³-hybridized carbons (Fsp3) is 0.385. The molecule has 0 saturated carbocycles. The van der Waals surface area contributed by atoms with Crippen LogP contribution in [-0.2, 0) is 0 Å². The van der Waals surface area contributed by atoms with Gasteiger partial charge in [0, 0.05) is 22.0 Å². The smallest absolute Gasteiger partial charge is 0.337 e. The van der Waals surface area contributed by atoms with Crippen molar-refractivity contribution in [3.63, 3.8) is 0 Å². The lowest BCUT2D eigenvalue weighted by atomic mass is 10.2. The molecular formula is C13H15Br2N3O3. The van der Waals surface area contributed by atoms with Crippen molar-refractivity contribution in [1.82, 2.24) is 10.4 Å². The number of benzene rings is 1. The number of rotatable bonds is 3. The molecule has 0 aliphatic carbocycles. The summed E-state index contributed by atoms with van der Waals surface area (Å²) in [7, 11) is 0. The molecule has 1 aromatic carbocycles. The van der Waals surface area contributed by atoms with E-state index in [0.717, 1.165) is 25.9 Å². The van der Waals surface area contributed by atoms with Crippen molar-refractivity contribution in [2.24, 2.45) is 0 Å². The van der Waals surface area contributed by atoms with Gasteiger partial charge in [-0.2, -0.15) is 0 Å². The van der Waals surface area contributed by atoms with E-state index < -0.39 is 12.0 Å². The molecule has 6 nitrogen and oxygen atoms in total. The molecule has 8 heteroatoms. The molecule has 0 unspecified atom stereocenters. The topological polar surface area (TPSA) is 81.7 Å². The number of carboxylic acids is 1. The first-order valence-electron chi connectivity index (χ1n) is 6.52. The number of carbonyl (C=O) groups is 2. The summed E-state index contributed by atoms with van der Waals surface area (Å²) in [6.45, 7) is 1.61. The Balaban J connectivity index is 2.11. The van der Waals surface area contributed by atoms with Crippen LogP contribution in [0.1, 0.15) is 29.6 Å². The second kappa shape index (κ2) is 7.24. The molecule has 1 heterocycles. The molecule has 1 aliphatic rings. The van der Waals surface area contributed by atoms with Crippen LogP contribution in [0.3, 0.4) is 0 Å². The number of piperidine rings is 1. The molecule has 1 aliphatic heterocycles. The molecule has 2 rings (SSSR count). The molecule has 1 fully saturated rings. The Labute approximate surface area is 139 Å². The van der Waals surface area contributed by atoms with E-state index in [-0.39, 0.29) is 11.3 Å². The summed E-state index contributed by atoms with van der Waals surface area (Å²) in [5.41, 5.74) is 2.99. The maximum Gasteiger partial charge on any atom is 0.337 e. The Morgan fingerprint density at radius 3 is 2.43 bits per heavy atom. The van der Waals surface area contributed by atoms with E-state index in [2.05, 4.69) is 42.6 Å². The number of carboxylic acid groups (broad SMARTS) is 1. The van der Waals surface area contributed by atoms with Gasteiger partial charge in [0.2, 0.25) is 0 Å². The van der Waals surface area contributed by atoms with E-state index >= 15 is 0 Å². The van der Waals surface area contributed by atoms with Crippen LogP contribution in [0.2, 0.25) is 0 Å². The first-order valence-corrected chi connectivity index (χ1v) is 8.11. The fourth-order valence-corrected chi connectivity index (χ4v) is 3.48. The molecule has 114 valence electrons. The van der Waals surface area contributed by atoms with Crippen LogP contribution < -0.4 is 10.7 Å². The first kappa shape index (κ1) is 16.3. The van der Waals surface area contributed by atoms with Gasteiger partial charge in [-0.15, -0.1) is 0 Å². The van der Waals surface area contributed by atoms with Gasteiger partial charge >= 0.3 is 12.0 Å². The number of amides is 2. The number of halogens is 2. The zero-order chi connectivity index (χ0) is 15.4. The maximum atomic E-state index is 12.0. The van der Waals surface area contributed by atoms with Gasteiger partial charge in [-0.25, -0.2) is 14.6 Å². The zero-order valence-corrected chi connectivity index (χ0v) is 14.3. The summed E-state index contributed by atoms with van der Waals surface area (Å²) >= 11 is 6.50. The zero-order valence-electron chi connectivity index (χ0n) is 11.2. The monoisotopic (exact) mass is 419 g/mol. The number of hydrogen-bond donors (Lipinski definition) is 3. The highest BCUT2D eigenvalue weighted by molar-refractivity contribution is 9.11. The Morgan fingerprint density at radius 1 is 1.14 bits per heavy atom. The normalized spacial score (nSPS) is 15.5. The Hall–Kier alpha value is -1.12. The number of carbonyl (C=O) groups excluding carboxylic acids is 1. The largest absolute Gasteiger partial charge is 0.478 e. The predicted molar refractivity (Wildman–Crippen MR) is 86.4 cm³/mol. The van der Waals surface area contributed by atoms with Crippen molar-refractivity contribution in [3.05, 3.63) is 26.6 Å². The SMILES string of the molecule is O=C(Nc1c(Br)cc(Br)cc1C(=O)O)NN1CCCCC1. The summed E-state index contributed by atoms with van der Waals surface area (Å²) < 4.78 is 1.12. The van der Waals surface area contributed by atoms with Crippen molar-refractivity contribution in [1.29, 1.82) is 0 Å². The number of urea groups is 1. The Morgan fingerprint density at radius 2 is 1.81 bits per heavy atom. The molecule has 21 heavy (non-hydrogen) atoms. The number of anilines is 1. The minimum absolute atomic E-state index is 0.0186. The third-order valence-corrected chi connectivity index (χ3v) is 4.22. The second-order valence-electron chi connectivity index (χ2n) is 4.73. The first-order chi connectivity index (χ1) is 9.97. The third kappa shape index (κ3) is 4.42. The molecule has 0 bridgehead atoms. The number of hydrogen-bond acceptors (Lipinski definition) is 3. The van der Waals surface area contributed by atoms with E-state index in [0.29, 0.717) is 8.95 Å². The minimum atomic E-state index is -1.11. The van der Waals surface area contributed by atoms with Crippen molar-refractivity contribution in [2.75, 3.05) is 18.4 Å². The third-order valence-electron chi connectivity index (χ3n) is 3.14. The van der Waals surface area contributed by atoms with Gasteiger partial charge < -0.3 is 10.4 Å². The van der Waals surface area contributed by atoms with Crippen molar-refractivity contribution < 1.29 is 14.7 Å². The van der Waals surface area contributed by atoms with Crippen LogP contribution in [0.25, 0.3) is 0 Å². The summed E-state index contributed by atoms with van der Waals surface area (Å²) in [6.07, 6.45) is 3.26. The summed E-state index contributed by atoms with van der Waals surface area (Å²) in [4.78, 5) is 23.3. The average molecular weight is 421 g/mol. The van der Waals surface area contributed by atoms with Gasteiger partial charge in [0.15, 0.2) is 0 Å². The highest BCUT2D eigenvalue weighted by Gasteiger charge is 2.18. The van der Waals surface area contributed by atoms with Crippen LogP contribution >= 0.6 is 31.9 Å². The Bertz CT molecular complexity index is 560. The van der Waals surface area contributed by atoms with Gasteiger partial charge in [0.25, 0.3) is 0 Å². The standard InChI is InChI=1S/C13H15Br2N3O3/c14-8-6-9(12(19)20)11(10(15)7-8)16-13(21)17-18-4-2-1-3-5-18/h6-7H,1-5H2,(H,19,20)(H2,16,17,21). The van der Waals surface area contributed by atoms with Crippen LogP contribution in [0, 0.1) is 0 Å². The van der Waals surface area contributed by atoms with Crippen molar-refractivity contribution in [3.8, 4) is 0 Å². The molecule has 1 saturated heterocycles. The fourth-order valence-electron chi connectivity index (χ4n) is 2.16. The molecule has 3 N–H and O–H groups in total. The van der Waals surface area contributed by atoms with Gasteiger partial charge in [0.1, 0.15) is 0 Å². The van der Waals surface area contributed by atoms with Crippen LogP contribution in [0.4, 0.5) is 10.5 Å². The van der Waals surface area contributed by atoms with Gasteiger partial charge in [0.05, 0.1) is 11.3 Å². The lowest BCUT2D eigenvalue weighted by Crippen LogP contribution is -2.47. The number of hydrazine groups is 1. The van der Waals surface area contributed by atoms with E-state index in [4.69, 9.17) is 0 Å². The molecular weight excluding hydrogens is 406 g/mol. The second-order valence-corrected chi connectivity index (χ2v) is 6.50. The van der Waals surface area contributed by atoms with Crippen molar-refractivity contribution in [2.45, 2.75) is 19.3 Å². The lowest BCUT2D eigenvalue weighted by Gasteiger charge is -2.27. The summed E-state index contributed by atoms with van der Waals surface area (Å²) in [5.74, 6) is -1.11. The molecule has 0 aromatic heterocycles. The quantitative estimate of drug-likeness (QED) is 0.699. The van der Waals surface area contributed by atoms with Crippen LogP contribution in [0.5, 0.6) is 0 Å². The van der Waals surface area contributed by atoms with Crippen molar-refractivity contribution >= 4 is 49.5 Å². The highest BCUT2D eigenvalue weighted by atomic mass is 79.9. The average Bonchev–Trinajstić information content (AvgIpc) is 2.42. The lowest BCUT2D eigenvalue weighted by molar-refractivity contribution is 0.0698. The van der Waals surface area contributed by atoms with E-state index in [1.54, 1.807) is 6.07 Å². The molecule has 1 aromatic rings. The maximum absolute atomic E-state index is 12.0. The molecule has 2 amide bonds. The van der Waals surface area contributed by atoms with Gasteiger partial charge in [-0.1, -0.05) is 22.4 Å². The van der Waals surface area contributed by atoms with Gasteiger partial charge in [-0.3, -0.25) is 5.43 Å². The summed E-state index contributed by atoms with van der Waals surface area (Å²) in [6, 6.07) is 2.69. The predicted octanol–water partition coefficient (Wildman–Crippen LogP) is 3.43.